The van der Waals surface area contributed by atoms with Crippen molar-refractivity contribution in [3.63, 3.8) is 0 Å². The number of carbonyl (C=O) groups is 3. The average Bonchev–Trinajstić information content (AvgIpc) is 3.65. The highest BCUT2D eigenvalue weighted by molar-refractivity contribution is 8.02. The molecule has 45 heavy (non-hydrogen) atoms. The second-order valence-corrected chi connectivity index (χ2v) is 14.2. The van der Waals surface area contributed by atoms with E-state index in [0.29, 0.717) is 26.2 Å². The molecule has 0 saturated carbocycles. The van der Waals surface area contributed by atoms with Crippen LogP contribution in [0.15, 0.2) is 86.0 Å². The van der Waals surface area contributed by atoms with Gasteiger partial charge in [-0.1, -0.05) is 99.5 Å². The van der Waals surface area contributed by atoms with E-state index in [-0.39, 0.29) is 35.5 Å². The molecule has 7 nitrogen and oxygen atoms in total. The summed E-state index contributed by atoms with van der Waals surface area (Å²) in [4.78, 5) is 49.6. The van der Waals surface area contributed by atoms with E-state index in [1.165, 1.54) is 0 Å². The summed E-state index contributed by atoms with van der Waals surface area (Å²) in [6, 6.07) is 17.8. The Morgan fingerprint density at radius 3 is 2.29 bits per heavy atom. The smallest absolute Gasteiger partial charge is 0.247 e. The number of fused-ring (bicyclic) bond motifs is 1. The summed E-state index contributed by atoms with van der Waals surface area (Å²) in [5, 5.41) is 10.8. The molecule has 8 heteroatoms. The van der Waals surface area contributed by atoms with Crippen molar-refractivity contribution in [2.45, 2.75) is 68.2 Å². The number of thioether (sulfide) groups is 1. The first-order valence-electron chi connectivity index (χ1n) is 16.3. The molecule has 0 aliphatic carbocycles. The normalized spacial score (nSPS) is 27.2. The Bertz CT molecular complexity index is 1370. The molecule has 3 saturated heterocycles. The standard InChI is InChI=1S/C37H47N3O4S/c1-5-8-15-22-38(20-6-2)36(44)33-37-26(4)23-30(45-37)31(34(42)39(21-7-3)24-27-16-11-9-12-17-27)32(37)35(43)40(33)29(25-41)28-18-13-10-14-19-28/h6-7,9-14,16-19,26,29-33,41H,2-3,5,8,15,20-25H2,1,4H3/t26?,29-,30+,31-,32+,33?,37?/m1/s1. The third-order valence-corrected chi connectivity index (χ3v) is 12.0. The van der Waals surface area contributed by atoms with Gasteiger partial charge in [0.05, 0.1) is 29.2 Å². The molecular weight excluding hydrogens is 582 g/mol. The van der Waals surface area contributed by atoms with E-state index in [4.69, 9.17) is 0 Å². The molecule has 240 valence electrons. The van der Waals surface area contributed by atoms with Crippen molar-refractivity contribution in [2.75, 3.05) is 26.2 Å². The van der Waals surface area contributed by atoms with Gasteiger partial charge >= 0.3 is 0 Å². The first-order valence-corrected chi connectivity index (χ1v) is 17.2. The van der Waals surface area contributed by atoms with Crippen molar-refractivity contribution >= 4 is 29.5 Å². The van der Waals surface area contributed by atoms with Crippen LogP contribution in [0.5, 0.6) is 0 Å². The molecular formula is C37H47N3O4S. The number of aliphatic hydroxyl groups is 1. The third kappa shape index (κ3) is 5.99. The van der Waals surface area contributed by atoms with E-state index >= 15 is 0 Å². The predicted octanol–water partition coefficient (Wildman–Crippen LogP) is 5.48. The van der Waals surface area contributed by atoms with Crippen LogP contribution in [0.25, 0.3) is 0 Å². The molecule has 3 unspecified atom stereocenters. The van der Waals surface area contributed by atoms with Crippen molar-refractivity contribution < 1.29 is 19.5 Å². The maximum absolute atomic E-state index is 14.9. The van der Waals surface area contributed by atoms with Crippen LogP contribution in [-0.4, -0.2) is 79.8 Å². The van der Waals surface area contributed by atoms with Gasteiger partial charge in [-0.15, -0.1) is 24.9 Å². The lowest BCUT2D eigenvalue weighted by molar-refractivity contribution is -0.147. The van der Waals surface area contributed by atoms with Crippen LogP contribution in [0.1, 0.15) is 56.7 Å². The number of amides is 3. The lowest BCUT2D eigenvalue weighted by Crippen LogP contribution is -2.58. The number of unbranched alkanes of at least 4 members (excludes halogenated alkanes) is 2. The van der Waals surface area contributed by atoms with Gasteiger partial charge in [-0.05, 0) is 29.9 Å². The molecule has 3 heterocycles. The van der Waals surface area contributed by atoms with Crippen LogP contribution in [0.2, 0.25) is 0 Å². The monoisotopic (exact) mass is 629 g/mol. The molecule has 7 atom stereocenters. The van der Waals surface area contributed by atoms with Crippen molar-refractivity contribution in [2.24, 2.45) is 17.8 Å². The maximum atomic E-state index is 14.9. The Morgan fingerprint density at radius 2 is 1.67 bits per heavy atom. The van der Waals surface area contributed by atoms with Gasteiger partial charge < -0.3 is 19.8 Å². The maximum Gasteiger partial charge on any atom is 0.247 e. The summed E-state index contributed by atoms with van der Waals surface area (Å²) in [7, 11) is 0. The summed E-state index contributed by atoms with van der Waals surface area (Å²) in [5.41, 5.74) is 1.78. The quantitative estimate of drug-likeness (QED) is 0.209. The zero-order valence-corrected chi connectivity index (χ0v) is 27.4. The third-order valence-electron chi connectivity index (χ3n) is 9.97. The molecule has 3 fully saturated rings. The van der Waals surface area contributed by atoms with Crippen molar-refractivity contribution in [3.8, 4) is 0 Å². The molecule has 2 aromatic rings. The van der Waals surface area contributed by atoms with Gasteiger partial charge in [-0.25, -0.2) is 0 Å². The summed E-state index contributed by atoms with van der Waals surface area (Å²) < 4.78 is -0.780. The van der Waals surface area contributed by atoms with Gasteiger partial charge in [0, 0.05) is 31.4 Å². The Kier molecular flexibility index (Phi) is 10.6. The summed E-state index contributed by atoms with van der Waals surface area (Å²) >= 11 is 1.68. The second-order valence-electron chi connectivity index (χ2n) is 12.7. The van der Waals surface area contributed by atoms with E-state index in [1.54, 1.807) is 33.7 Å². The zero-order chi connectivity index (χ0) is 32.1. The van der Waals surface area contributed by atoms with Gasteiger partial charge in [0.25, 0.3) is 0 Å². The van der Waals surface area contributed by atoms with E-state index in [9.17, 15) is 19.5 Å². The van der Waals surface area contributed by atoms with Crippen LogP contribution >= 0.6 is 11.8 Å². The zero-order valence-electron chi connectivity index (χ0n) is 26.6. The Hall–Kier alpha value is -3.36. The number of carbonyl (C=O) groups excluding carboxylic acids is 3. The summed E-state index contributed by atoms with van der Waals surface area (Å²) in [5.74, 6) is -1.59. The number of benzene rings is 2. The van der Waals surface area contributed by atoms with Gasteiger partial charge in [0.2, 0.25) is 17.7 Å². The van der Waals surface area contributed by atoms with Crippen LogP contribution < -0.4 is 0 Å². The van der Waals surface area contributed by atoms with Crippen molar-refractivity contribution in [1.82, 2.24) is 14.7 Å². The largest absolute Gasteiger partial charge is 0.394 e. The van der Waals surface area contributed by atoms with Gasteiger partial charge in [0.1, 0.15) is 6.04 Å². The van der Waals surface area contributed by atoms with Gasteiger partial charge in [-0.3, -0.25) is 14.4 Å². The fourth-order valence-corrected chi connectivity index (χ4v) is 10.4. The van der Waals surface area contributed by atoms with E-state index < -0.39 is 28.7 Å². The highest BCUT2D eigenvalue weighted by Gasteiger charge is 2.77. The molecule has 2 aromatic carbocycles. The van der Waals surface area contributed by atoms with Gasteiger partial charge in [-0.2, -0.15) is 0 Å². The first-order chi connectivity index (χ1) is 21.8. The molecule has 2 bridgehead atoms. The van der Waals surface area contributed by atoms with Crippen LogP contribution in [0.4, 0.5) is 0 Å². The first kappa shape index (κ1) is 33.0. The Morgan fingerprint density at radius 1 is 1.02 bits per heavy atom. The molecule has 1 N–H and O–H groups in total. The topological polar surface area (TPSA) is 81.2 Å². The minimum Gasteiger partial charge on any atom is -0.394 e. The Balaban J connectivity index is 1.59. The molecule has 5 rings (SSSR count). The number of hydrogen-bond donors (Lipinski definition) is 1. The lowest BCUT2D eigenvalue weighted by Gasteiger charge is -2.42. The molecule has 3 aliphatic rings. The number of aliphatic hydroxyl groups excluding tert-OH is 1. The molecule has 0 aromatic heterocycles. The molecule has 3 aliphatic heterocycles. The van der Waals surface area contributed by atoms with Crippen molar-refractivity contribution in [1.29, 1.82) is 0 Å². The second kappa shape index (κ2) is 14.4. The predicted molar refractivity (Wildman–Crippen MR) is 180 cm³/mol. The highest BCUT2D eigenvalue weighted by atomic mass is 32.2. The minimum absolute atomic E-state index is 0.0303. The number of nitrogens with zero attached hydrogens (tertiary/aromatic N) is 3. The lowest BCUT2D eigenvalue weighted by atomic mass is 9.65. The summed E-state index contributed by atoms with van der Waals surface area (Å²) in [6.45, 7) is 13.5. The average molecular weight is 630 g/mol. The molecule has 1 spiro atoms. The van der Waals surface area contributed by atoms with Crippen molar-refractivity contribution in [3.05, 3.63) is 97.1 Å². The fourth-order valence-electron chi connectivity index (χ4n) is 7.96. The minimum atomic E-state index is -0.807. The SMILES string of the molecule is C=CCN(CCCCC)C(=O)C1N([C@H](CO)c2ccccc2)C(=O)[C@@H]2[C@H](C(=O)N(CC=C)Cc3ccccc3)[C@@H]3CC(C)C12S3. The number of rotatable bonds is 15. The summed E-state index contributed by atoms with van der Waals surface area (Å²) in [6.07, 6.45) is 7.11. The van der Waals surface area contributed by atoms with Crippen LogP contribution in [0.3, 0.4) is 0 Å². The fraction of sp³-hybridized carbons (Fsp3) is 0.486. The highest BCUT2D eigenvalue weighted by Crippen LogP contribution is 2.69. The molecule has 0 radical (unpaired) electrons. The van der Waals surface area contributed by atoms with Crippen LogP contribution in [0, 0.1) is 17.8 Å². The molecule has 3 amide bonds. The Labute approximate surface area is 272 Å². The van der Waals surface area contributed by atoms with Gasteiger partial charge in [0.15, 0.2) is 0 Å². The van der Waals surface area contributed by atoms with E-state index in [2.05, 4.69) is 27.0 Å². The number of hydrogen-bond acceptors (Lipinski definition) is 5. The number of likely N-dealkylation sites (tertiary alicyclic amines) is 1. The van der Waals surface area contributed by atoms with E-state index in [0.717, 1.165) is 36.8 Å². The van der Waals surface area contributed by atoms with Crippen LogP contribution in [-0.2, 0) is 20.9 Å². The van der Waals surface area contributed by atoms with E-state index in [1.807, 2.05) is 65.6 Å².